The molecule has 0 unspecified atom stereocenters. The van der Waals surface area contributed by atoms with Gasteiger partial charge in [0.2, 0.25) is 0 Å². The molecule has 0 aromatic heterocycles. The largest absolute Gasteiger partial charge is 0.324 e. The van der Waals surface area contributed by atoms with E-state index in [2.05, 4.69) is 4.72 Å². The Morgan fingerprint density at radius 2 is 2.07 bits per heavy atom. The maximum atomic E-state index is 11.8. The summed E-state index contributed by atoms with van der Waals surface area (Å²) in [6.07, 6.45) is 0.787. The third kappa shape index (κ3) is 1.56. The van der Waals surface area contributed by atoms with Crippen molar-refractivity contribution in [3.63, 3.8) is 0 Å². The summed E-state index contributed by atoms with van der Waals surface area (Å²) in [6, 6.07) is 7.23. The molecule has 0 radical (unpaired) electrons. The van der Waals surface area contributed by atoms with Crippen LogP contribution >= 0.6 is 0 Å². The molecule has 1 aromatic rings. The minimum atomic E-state index is -3.37. The van der Waals surface area contributed by atoms with E-state index < -0.39 is 10.2 Å². The van der Waals surface area contributed by atoms with E-state index >= 15 is 0 Å². The zero-order valence-corrected chi connectivity index (χ0v) is 9.58. The Labute approximate surface area is 90.1 Å². The average Bonchev–Trinajstić information content (AvgIpc) is 2.46. The highest BCUT2D eigenvalue weighted by Crippen LogP contribution is 2.37. The highest BCUT2D eigenvalue weighted by atomic mass is 32.2. The van der Waals surface area contributed by atoms with Crippen LogP contribution in [-0.4, -0.2) is 14.5 Å². The number of fused-ring (bicyclic) bond motifs is 1. The molecule has 15 heavy (non-hydrogen) atoms. The number of anilines is 2. The molecular formula is C10H14N2O2S. The van der Waals surface area contributed by atoms with E-state index in [1.165, 1.54) is 4.31 Å². The molecule has 0 saturated heterocycles. The molecule has 1 aliphatic rings. The number of para-hydroxylation sites is 2. The molecule has 4 nitrogen and oxygen atoms in total. The SMILES string of the molecule is CC[C@H](C)N1c2ccccc2NS1(=O)=O. The zero-order chi connectivity index (χ0) is 11.1. The molecule has 0 saturated carbocycles. The number of nitrogens with one attached hydrogen (secondary N) is 1. The van der Waals surface area contributed by atoms with Crippen LogP contribution in [0, 0.1) is 0 Å². The summed E-state index contributed by atoms with van der Waals surface area (Å²) in [7, 11) is -3.37. The molecule has 1 N–H and O–H groups in total. The summed E-state index contributed by atoms with van der Waals surface area (Å²) in [6.45, 7) is 3.88. The second-order valence-corrected chi connectivity index (χ2v) is 5.22. The first-order valence-corrected chi connectivity index (χ1v) is 6.41. The molecule has 2 rings (SSSR count). The fourth-order valence-corrected chi connectivity index (χ4v) is 3.30. The molecule has 0 fully saturated rings. The van der Waals surface area contributed by atoms with Gasteiger partial charge in [0, 0.05) is 6.04 Å². The fraction of sp³-hybridized carbons (Fsp3) is 0.400. The van der Waals surface area contributed by atoms with Gasteiger partial charge < -0.3 is 0 Å². The van der Waals surface area contributed by atoms with E-state index in [1.807, 2.05) is 32.0 Å². The number of benzene rings is 1. The maximum Gasteiger partial charge on any atom is 0.324 e. The van der Waals surface area contributed by atoms with Crippen LogP contribution < -0.4 is 9.03 Å². The molecule has 0 aliphatic carbocycles. The number of rotatable bonds is 2. The van der Waals surface area contributed by atoms with Gasteiger partial charge in [0.1, 0.15) is 0 Å². The number of hydrogen-bond acceptors (Lipinski definition) is 2. The Morgan fingerprint density at radius 3 is 2.73 bits per heavy atom. The van der Waals surface area contributed by atoms with Crippen molar-refractivity contribution in [1.82, 2.24) is 0 Å². The first kappa shape index (κ1) is 10.3. The second-order valence-electron chi connectivity index (χ2n) is 3.68. The summed E-state index contributed by atoms with van der Waals surface area (Å²) in [5.74, 6) is 0. The summed E-state index contributed by atoms with van der Waals surface area (Å²) < 4.78 is 27.7. The van der Waals surface area contributed by atoms with E-state index in [-0.39, 0.29) is 6.04 Å². The van der Waals surface area contributed by atoms with E-state index in [9.17, 15) is 8.42 Å². The minimum absolute atomic E-state index is 0.0221. The van der Waals surface area contributed by atoms with E-state index in [1.54, 1.807) is 6.07 Å². The third-order valence-electron chi connectivity index (χ3n) is 2.63. The summed E-state index contributed by atoms with van der Waals surface area (Å²) in [5.41, 5.74) is 1.41. The smallest absolute Gasteiger partial charge is 0.264 e. The van der Waals surface area contributed by atoms with Crippen LogP contribution in [-0.2, 0) is 10.2 Å². The van der Waals surface area contributed by atoms with E-state index in [0.29, 0.717) is 5.69 Å². The summed E-state index contributed by atoms with van der Waals surface area (Å²) >= 11 is 0. The van der Waals surface area contributed by atoms with Gasteiger partial charge in [0.15, 0.2) is 0 Å². The molecule has 0 bridgehead atoms. The van der Waals surface area contributed by atoms with Gasteiger partial charge in [-0.1, -0.05) is 19.1 Å². The lowest BCUT2D eigenvalue weighted by Crippen LogP contribution is -2.37. The molecule has 0 amide bonds. The topological polar surface area (TPSA) is 49.4 Å². The van der Waals surface area contributed by atoms with Crippen LogP contribution in [0.4, 0.5) is 11.4 Å². The Bertz CT molecular complexity index is 470. The lowest BCUT2D eigenvalue weighted by Gasteiger charge is -2.23. The Hall–Kier alpha value is -1.23. The summed E-state index contributed by atoms with van der Waals surface area (Å²) in [4.78, 5) is 0. The van der Waals surface area contributed by atoms with Crippen molar-refractivity contribution in [2.75, 3.05) is 9.03 Å². The number of hydrogen-bond donors (Lipinski definition) is 1. The molecule has 1 atom stereocenters. The van der Waals surface area contributed by atoms with E-state index in [0.717, 1.165) is 12.1 Å². The van der Waals surface area contributed by atoms with Crippen LogP contribution in [0.1, 0.15) is 20.3 Å². The molecule has 1 aromatic carbocycles. The zero-order valence-electron chi connectivity index (χ0n) is 8.77. The van der Waals surface area contributed by atoms with Gasteiger partial charge in [-0.3, -0.25) is 4.72 Å². The minimum Gasteiger partial charge on any atom is -0.264 e. The lowest BCUT2D eigenvalue weighted by molar-refractivity contribution is 0.585. The van der Waals surface area contributed by atoms with Crippen molar-refractivity contribution < 1.29 is 8.42 Å². The maximum absolute atomic E-state index is 11.8. The third-order valence-corrected chi connectivity index (χ3v) is 4.18. The van der Waals surface area contributed by atoms with Crippen molar-refractivity contribution in [2.24, 2.45) is 0 Å². The van der Waals surface area contributed by atoms with Gasteiger partial charge in [-0.25, -0.2) is 4.31 Å². The summed E-state index contributed by atoms with van der Waals surface area (Å²) in [5, 5.41) is 0. The Morgan fingerprint density at radius 1 is 1.40 bits per heavy atom. The van der Waals surface area contributed by atoms with Gasteiger partial charge in [-0.2, -0.15) is 8.42 Å². The Balaban J connectivity index is 2.53. The molecular weight excluding hydrogens is 212 g/mol. The van der Waals surface area contributed by atoms with Crippen molar-refractivity contribution >= 4 is 21.6 Å². The predicted octanol–water partition coefficient (Wildman–Crippen LogP) is 1.96. The monoisotopic (exact) mass is 226 g/mol. The quantitative estimate of drug-likeness (QED) is 0.838. The van der Waals surface area contributed by atoms with Crippen molar-refractivity contribution in [2.45, 2.75) is 26.3 Å². The van der Waals surface area contributed by atoms with Gasteiger partial charge in [0.25, 0.3) is 0 Å². The van der Waals surface area contributed by atoms with Crippen LogP contribution in [0.3, 0.4) is 0 Å². The second kappa shape index (κ2) is 3.41. The fourth-order valence-electron chi connectivity index (χ4n) is 1.71. The highest BCUT2D eigenvalue weighted by Gasteiger charge is 2.34. The highest BCUT2D eigenvalue weighted by molar-refractivity contribution is 7.94. The molecule has 0 spiro atoms. The van der Waals surface area contributed by atoms with Gasteiger partial charge >= 0.3 is 10.2 Å². The first-order chi connectivity index (χ1) is 7.06. The normalized spacial score (nSPS) is 19.5. The molecule has 5 heteroatoms. The lowest BCUT2D eigenvalue weighted by atomic mass is 10.2. The van der Waals surface area contributed by atoms with Crippen molar-refractivity contribution in [3.8, 4) is 0 Å². The van der Waals surface area contributed by atoms with Gasteiger partial charge in [-0.05, 0) is 25.5 Å². The van der Waals surface area contributed by atoms with Crippen molar-refractivity contribution in [3.05, 3.63) is 24.3 Å². The van der Waals surface area contributed by atoms with Crippen LogP contribution in [0.5, 0.6) is 0 Å². The van der Waals surface area contributed by atoms with Gasteiger partial charge in [-0.15, -0.1) is 0 Å². The first-order valence-electron chi connectivity index (χ1n) is 4.97. The molecule has 1 heterocycles. The standard InChI is InChI=1S/C10H14N2O2S/c1-3-8(2)12-10-7-5-4-6-9(10)11-15(12,13)14/h4-8,11H,3H2,1-2H3/t8-/m0/s1. The van der Waals surface area contributed by atoms with E-state index in [4.69, 9.17) is 0 Å². The molecule has 82 valence electrons. The molecule has 1 aliphatic heterocycles. The van der Waals surface area contributed by atoms with Crippen LogP contribution in [0.15, 0.2) is 24.3 Å². The van der Waals surface area contributed by atoms with Crippen LogP contribution in [0.2, 0.25) is 0 Å². The number of nitrogens with zero attached hydrogens (tertiary/aromatic N) is 1. The van der Waals surface area contributed by atoms with Crippen molar-refractivity contribution in [1.29, 1.82) is 0 Å². The average molecular weight is 226 g/mol. The van der Waals surface area contributed by atoms with Gasteiger partial charge in [0.05, 0.1) is 11.4 Å². The van der Waals surface area contributed by atoms with Crippen LogP contribution in [0.25, 0.3) is 0 Å². The predicted molar refractivity (Wildman–Crippen MR) is 61.2 cm³/mol. The Kier molecular flexibility index (Phi) is 2.34.